The first kappa shape index (κ1) is 13.0. The fourth-order valence-electron chi connectivity index (χ4n) is 3.09. The number of nitrogens with one attached hydrogen (secondary N) is 1. The number of carbonyl (C=O) groups is 1. The van der Waals surface area contributed by atoms with Gasteiger partial charge in [-0.05, 0) is 25.1 Å². The summed E-state index contributed by atoms with van der Waals surface area (Å²) in [7, 11) is -3.07. The quantitative estimate of drug-likeness (QED) is 0.802. The molecule has 0 radical (unpaired) electrons. The summed E-state index contributed by atoms with van der Waals surface area (Å²) in [5, 5.41) is 3.74. The Kier molecular flexibility index (Phi) is 2.59. The number of benzene rings is 1. The van der Waals surface area contributed by atoms with Gasteiger partial charge in [-0.1, -0.05) is 0 Å². The minimum atomic E-state index is -3.07. The number of amides is 2. The molecule has 2 saturated heterocycles. The van der Waals surface area contributed by atoms with Crippen LogP contribution in [0.25, 0.3) is 10.2 Å². The third-order valence-electron chi connectivity index (χ3n) is 3.94. The van der Waals surface area contributed by atoms with Gasteiger partial charge in [0.05, 0.1) is 38.8 Å². The first-order chi connectivity index (χ1) is 9.93. The maximum atomic E-state index is 12.1. The van der Waals surface area contributed by atoms with Crippen molar-refractivity contribution >= 4 is 43.1 Å². The normalized spacial score (nSPS) is 27.1. The number of fused-ring (bicyclic) bond motifs is 2. The van der Waals surface area contributed by atoms with Crippen LogP contribution in [-0.4, -0.2) is 43.0 Å². The summed E-state index contributed by atoms with van der Waals surface area (Å²) in [5.41, 5.74) is 1.63. The molecular weight excluding hydrogens is 310 g/mol. The zero-order chi connectivity index (χ0) is 14.8. The maximum Gasteiger partial charge on any atom is 0.322 e. The number of aryl methyl sites for hydroxylation is 1. The van der Waals surface area contributed by atoms with Gasteiger partial charge in [-0.2, -0.15) is 0 Å². The Morgan fingerprint density at radius 2 is 2.19 bits per heavy atom. The number of anilines is 1. The van der Waals surface area contributed by atoms with Crippen molar-refractivity contribution < 1.29 is 13.2 Å². The van der Waals surface area contributed by atoms with Crippen molar-refractivity contribution in [2.45, 2.75) is 19.0 Å². The molecule has 2 aliphatic heterocycles. The van der Waals surface area contributed by atoms with E-state index in [1.807, 2.05) is 25.1 Å². The second-order valence-electron chi connectivity index (χ2n) is 5.46. The van der Waals surface area contributed by atoms with Crippen molar-refractivity contribution in [3.63, 3.8) is 0 Å². The van der Waals surface area contributed by atoms with E-state index in [-0.39, 0.29) is 29.6 Å². The molecule has 0 unspecified atom stereocenters. The van der Waals surface area contributed by atoms with Crippen LogP contribution in [0.3, 0.4) is 0 Å². The second-order valence-corrected chi connectivity index (χ2v) is 8.84. The average molecular weight is 323 g/mol. The number of sulfone groups is 1. The van der Waals surface area contributed by atoms with Crippen molar-refractivity contribution in [2.24, 2.45) is 0 Å². The van der Waals surface area contributed by atoms with Crippen molar-refractivity contribution in [2.75, 3.05) is 16.4 Å². The van der Waals surface area contributed by atoms with Gasteiger partial charge in [0.2, 0.25) is 0 Å². The summed E-state index contributed by atoms with van der Waals surface area (Å²) in [6.07, 6.45) is 0. The van der Waals surface area contributed by atoms with Crippen LogP contribution in [0, 0.1) is 6.92 Å². The number of carbonyl (C=O) groups excluding carboxylic acids is 1. The lowest BCUT2D eigenvalue weighted by molar-refractivity contribution is 0.251. The zero-order valence-corrected chi connectivity index (χ0v) is 12.9. The van der Waals surface area contributed by atoms with E-state index < -0.39 is 9.84 Å². The van der Waals surface area contributed by atoms with Gasteiger partial charge in [-0.25, -0.2) is 18.2 Å². The molecule has 4 rings (SSSR count). The van der Waals surface area contributed by atoms with Gasteiger partial charge in [-0.3, -0.25) is 4.90 Å². The van der Waals surface area contributed by atoms with Crippen molar-refractivity contribution in [1.29, 1.82) is 0 Å². The minimum Gasteiger partial charge on any atom is -0.332 e. The number of aromatic nitrogens is 1. The van der Waals surface area contributed by atoms with Gasteiger partial charge in [0.15, 0.2) is 9.84 Å². The predicted octanol–water partition coefficient (Wildman–Crippen LogP) is 1.30. The molecule has 2 amide bonds. The summed E-state index contributed by atoms with van der Waals surface area (Å²) in [4.78, 5) is 18.1. The molecule has 3 heterocycles. The molecule has 1 N–H and O–H groups in total. The highest BCUT2D eigenvalue weighted by Crippen LogP contribution is 2.32. The van der Waals surface area contributed by atoms with Crippen LogP contribution < -0.4 is 10.2 Å². The van der Waals surface area contributed by atoms with E-state index in [1.165, 1.54) is 0 Å². The van der Waals surface area contributed by atoms with Crippen LogP contribution in [0.1, 0.15) is 5.01 Å². The lowest BCUT2D eigenvalue weighted by Crippen LogP contribution is -2.36. The number of urea groups is 1. The Hall–Kier alpha value is -1.67. The van der Waals surface area contributed by atoms with E-state index in [4.69, 9.17) is 0 Å². The van der Waals surface area contributed by atoms with Gasteiger partial charge in [0, 0.05) is 5.69 Å². The standard InChI is InChI=1S/C13H13N3O3S2/c1-7-14-9-3-2-8(4-12(9)20-7)16-11-6-21(18,19)5-10(11)15-13(16)17/h2-4,10-11H,5-6H2,1H3,(H,15,17)/t10-,11+/m0/s1. The van der Waals surface area contributed by atoms with Crippen molar-refractivity contribution in [1.82, 2.24) is 10.3 Å². The number of thiazole rings is 1. The Labute approximate surface area is 125 Å². The van der Waals surface area contributed by atoms with Gasteiger partial charge in [0.25, 0.3) is 0 Å². The predicted molar refractivity (Wildman–Crippen MR) is 81.6 cm³/mol. The lowest BCUT2D eigenvalue weighted by atomic mass is 10.1. The molecule has 0 spiro atoms. The highest BCUT2D eigenvalue weighted by Gasteiger charge is 2.49. The molecule has 0 bridgehead atoms. The summed E-state index contributed by atoms with van der Waals surface area (Å²) in [6, 6.07) is 4.77. The third kappa shape index (κ3) is 2.01. The summed E-state index contributed by atoms with van der Waals surface area (Å²) in [5.74, 6) is 0.0536. The van der Waals surface area contributed by atoms with Crippen LogP contribution in [0.2, 0.25) is 0 Å². The van der Waals surface area contributed by atoms with Gasteiger partial charge < -0.3 is 5.32 Å². The van der Waals surface area contributed by atoms with Crippen LogP contribution in [0.15, 0.2) is 18.2 Å². The highest BCUT2D eigenvalue weighted by atomic mass is 32.2. The number of rotatable bonds is 1. The first-order valence-electron chi connectivity index (χ1n) is 6.60. The van der Waals surface area contributed by atoms with E-state index in [2.05, 4.69) is 10.3 Å². The number of nitrogens with zero attached hydrogens (tertiary/aromatic N) is 2. The first-order valence-corrected chi connectivity index (χ1v) is 9.24. The average Bonchev–Trinajstić information content (AvgIpc) is 2.96. The maximum absolute atomic E-state index is 12.1. The number of hydrogen-bond acceptors (Lipinski definition) is 5. The SMILES string of the molecule is Cc1nc2ccc(N3C(=O)N[C@H]4CS(=O)(=O)C[C@H]43)cc2s1. The molecule has 2 aromatic rings. The van der Waals surface area contributed by atoms with E-state index in [9.17, 15) is 13.2 Å². The molecule has 0 saturated carbocycles. The lowest BCUT2D eigenvalue weighted by Gasteiger charge is -2.21. The molecule has 110 valence electrons. The summed E-state index contributed by atoms with van der Waals surface area (Å²) in [6.45, 7) is 1.94. The largest absolute Gasteiger partial charge is 0.332 e. The van der Waals surface area contributed by atoms with Gasteiger partial charge in [-0.15, -0.1) is 11.3 Å². The molecule has 2 atom stereocenters. The van der Waals surface area contributed by atoms with Crippen LogP contribution in [-0.2, 0) is 9.84 Å². The molecule has 1 aromatic heterocycles. The molecular formula is C13H13N3O3S2. The van der Waals surface area contributed by atoms with Crippen molar-refractivity contribution in [3.8, 4) is 0 Å². The Bertz CT molecular complexity index is 859. The molecule has 1 aromatic carbocycles. The van der Waals surface area contributed by atoms with Crippen LogP contribution in [0.4, 0.5) is 10.5 Å². The van der Waals surface area contributed by atoms with E-state index >= 15 is 0 Å². The van der Waals surface area contributed by atoms with Crippen LogP contribution >= 0.6 is 11.3 Å². The van der Waals surface area contributed by atoms with E-state index in [0.717, 1.165) is 20.9 Å². The number of hydrogen-bond donors (Lipinski definition) is 1. The Morgan fingerprint density at radius 3 is 3.00 bits per heavy atom. The minimum absolute atomic E-state index is 0.0240. The molecule has 21 heavy (non-hydrogen) atoms. The highest BCUT2D eigenvalue weighted by molar-refractivity contribution is 7.91. The fourth-order valence-corrected chi connectivity index (χ4v) is 5.84. The molecule has 8 heteroatoms. The van der Waals surface area contributed by atoms with E-state index in [1.54, 1.807) is 16.2 Å². The molecule has 6 nitrogen and oxygen atoms in total. The van der Waals surface area contributed by atoms with Crippen LogP contribution in [0.5, 0.6) is 0 Å². The molecule has 2 fully saturated rings. The van der Waals surface area contributed by atoms with Gasteiger partial charge >= 0.3 is 6.03 Å². The Morgan fingerprint density at radius 1 is 1.38 bits per heavy atom. The second kappa shape index (κ2) is 4.17. The smallest absolute Gasteiger partial charge is 0.322 e. The third-order valence-corrected chi connectivity index (χ3v) is 6.59. The molecule has 2 aliphatic rings. The summed E-state index contributed by atoms with van der Waals surface area (Å²) >= 11 is 1.56. The monoisotopic (exact) mass is 323 g/mol. The molecule has 0 aliphatic carbocycles. The topological polar surface area (TPSA) is 79.4 Å². The summed E-state index contributed by atoms with van der Waals surface area (Å²) < 4.78 is 24.5. The van der Waals surface area contributed by atoms with Crippen molar-refractivity contribution in [3.05, 3.63) is 23.2 Å². The van der Waals surface area contributed by atoms with E-state index in [0.29, 0.717) is 0 Å². The fraction of sp³-hybridized carbons (Fsp3) is 0.385. The Balaban J connectivity index is 1.78. The van der Waals surface area contributed by atoms with Gasteiger partial charge in [0.1, 0.15) is 0 Å². The zero-order valence-electron chi connectivity index (χ0n) is 11.2.